The van der Waals surface area contributed by atoms with E-state index in [1.165, 1.54) is 15.6 Å². The summed E-state index contributed by atoms with van der Waals surface area (Å²) in [7, 11) is -3.50. The van der Waals surface area contributed by atoms with Gasteiger partial charge in [-0.05, 0) is 55.7 Å². The summed E-state index contributed by atoms with van der Waals surface area (Å²) in [6, 6.07) is 11.3. The SMILES string of the molecule is CCOc1ccccc1CCCNC(=O)[C@@H]1CCCN(S(=O)(=O)c2cccs2)C1. The van der Waals surface area contributed by atoms with Crippen LogP contribution in [0.4, 0.5) is 0 Å². The van der Waals surface area contributed by atoms with Crippen LogP contribution in [0.15, 0.2) is 46.0 Å². The zero-order chi connectivity index (χ0) is 20.7. The van der Waals surface area contributed by atoms with Crippen LogP contribution >= 0.6 is 11.3 Å². The normalized spacial score (nSPS) is 17.8. The number of hydrogen-bond donors (Lipinski definition) is 1. The molecule has 1 aromatic carbocycles. The van der Waals surface area contributed by atoms with Gasteiger partial charge in [0.05, 0.1) is 12.5 Å². The van der Waals surface area contributed by atoms with Crippen LogP contribution in [-0.4, -0.2) is 44.9 Å². The van der Waals surface area contributed by atoms with Gasteiger partial charge in [0.2, 0.25) is 5.91 Å². The highest BCUT2D eigenvalue weighted by Crippen LogP contribution is 2.26. The molecular weight excluding hydrogens is 408 g/mol. The van der Waals surface area contributed by atoms with Gasteiger partial charge >= 0.3 is 0 Å². The molecule has 158 valence electrons. The van der Waals surface area contributed by atoms with Crippen molar-refractivity contribution >= 4 is 27.3 Å². The predicted molar refractivity (Wildman–Crippen MR) is 115 cm³/mol. The van der Waals surface area contributed by atoms with Crippen LogP contribution in [0.3, 0.4) is 0 Å². The molecule has 8 heteroatoms. The summed E-state index contributed by atoms with van der Waals surface area (Å²) in [5.41, 5.74) is 1.13. The molecule has 6 nitrogen and oxygen atoms in total. The maximum atomic E-state index is 12.7. The van der Waals surface area contributed by atoms with Crippen LogP contribution in [0.1, 0.15) is 31.7 Å². The number of nitrogens with zero attached hydrogens (tertiary/aromatic N) is 1. The molecule has 1 aromatic heterocycles. The highest BCUT2D eigenvalue weighted by molar-refractivity contribution is 7.91. The molecule has 1 saturated heterocycles. The first-order valence-electron chi connectivity index (χ1n) is 10.0. The summed E-state index contributed by atoms with van der Waals surface area (Å²) >= 11 is 1.21. The van der Waals surface area contributed by atoms with Crippen LogP contribution in [0, 0.1) is 5.92 Å². The molecule has 1 aliphatic rings. The van der Waals surface area contributed by atoms with Crippen LogP contribution in [-0.2, 0) is 21.2 Å². The molecule has 0 saturated carbocycles. The molecule has 0 radical (unpaired) electrons. The molecule has 1 amide bonds. The highest BCUT2D eigenvalue weighted by Gasteiger charge is 2.33. The van der Waals surface area contributed by atoms with Crippen molar-refractivity contribution in [1.82, 2.24) is 9.62 Å². The maximum absolute atomic E-state index is 12.7. The number of sulfonamides is 1. The number of rotatable bonds is 9. The summed E-state index contributed by atoms with van der Waals surface area (Å²) in [6.45, 7) is 3.87. The second-order valence-corrected chi connectivity index (χ2v) is 10.2. The maximum Gasteiger partial charge on any atom is 0.252 e. The van der Waals surface area contributed by atoms with Crippen LogP contribution in [0.2, 0.25) is 0 Å². The first-order valence-corrected chi connectivity index (χ1v) is 12.4. The smallest absolute Gasteiger partial charge is 0.252 e. The molecule has 1 fully saturated rings. The minimum Gasteiger partial charge on any atom is -0.494 e. The van der Waals surface area contributed by atoms with Crippen LogP contribution in [0.5, 0.6) is 5.75 Å². The molecule has 2 aromatic rings. The Balaban J connectivity index is 1.48. The third kappa shape index (κ3) is 5.58. The standard InChI is InChI=1S/C21H28N2O4S2/c1-2-27-19-11-4-3-8-17(19)9-5-13-22-21(24)18-10-6-14-23(16-18)29(25,26)20-12-7-15-28-20/h3-4,7-8,11-12,15,18H,2,5-6,9-10,13-14,16H2,1H3,(H,22,24)/t18-/m1/s1. The number of thiophene rings is 1. The average molecular weight is 437 g/mol. The second kappa shape index (κ2) is 10.2. The van der Waals surface area contributed by atoms with Crippen molar-refractivity contribution in [2.24, 2.45) is 5.92 Å². The lowest BCUT2D eigenvalue weighted by Crippen LogP contribution is -2.45. The lowest BCUT2D eigenvalue weighted by Gasteiger charge is -2.30. The fourth-order valence-electron chi connectivity index (χ4n) is 3.55. The molecule has 1 atom stereocenters. The third-order valence-corrected chi connectivity index (χ3v) is 8.28. The van der Waals surface area contributed by atoms with E-state index in [4.69, 9.17) is 4.74 Å². The summed E-state index contributed by atoms with van der Waals surface area (Å²) < 4.78 is 32.8. The van der Waals surface area contributed by atoms with Crippen LogP contribution in [0.25, 0.3) is 0 Å². The minimum atomic E-state index is -3.50. The van der Waals surface area contributed by atoms with E-state index in [2.05, 4.69) is 5.32 Å². The van der Waals surface area contributed by atoms with E-state index in [0.29, 0.717) is 30.3 Å². The number of benzene rings is 1. The van der Waals surface area contributed by atoms with Gasteiger partial charge in [-0.2, -0.15) is 4.31 Å². The van der Waals surface area contributed by atoms with Gasteiger partial charge in [0.25, 0.3) is 10.0 Å². The molecule has 1 aliphatic heterocycles. The minimum absolute atomic E-state index is 0.0610. The van der Waals surface area contributed by atoms with E-state index in [-0.39, 0.29) is 18.4 Å². The molecule has 0 unspecified atom stereocenters. The van der Waals surface area contributed by atoms with Gasteiger partial charge in [-0.1, -0.05) is 24.3 Å². The summed E-state index contributed by atoms with van der Waals surface area (Å²) in [5, 5.41) is 4.74. The van der Waals surface area contributed by atoms with Crippen molar-refractivity contribution < 1.29 is 17.9 Å². The van der Waals surface area contributed by atoms with Crippen molar-refractivity contribution in [3.8, 4) is 5.75 Å². The van der Waals surface area contributed by atoms with E-state index >= 15 is 0 Å². The Morgan fingerprint density at radius 2 is 2.10 bits per heavy atom. The zero-order valence-electron chi connectivity index (χ0n) is 16.7. The third-order valence-electron chi connectivity index (χ3n) is 5.04. The molecule has 2 heterocycles. The fourth-order valence-corrected chi connectivity index (χ4v) is 6.22. The number of amides is 1. The Hall–Kier alpha value is -1.90. The van der Waals surface area contributed by atoms with Gasteiger partial charge in [0.1, 0.15) is 9.96 Å². The van der Waals surface area contributed by atoms with Crippen molar-refractivity contribution in [2.75, 3.05) is 26.2 Å². The van der Waals surface area contributed by atoms with E-state index in [9.17, 15) is 13.2 Å². The number of nitrogens with one attached hydrogen (secondary N) is 1. The summed E-state index contributed by atoms with van der Waals surface area (Å²) in [6.07, 6.45) is 3.04. The van der Waals surface area contributed by atoms with E-state index in [1.807, 2.05) is 31.2 Å². The first-order chi connectivity index (χ1) is 14.0. The molecule has 0 aliphatic carbocycles. The van der Waals surface area contributed by atoms with Gasteiger partial charge in [-0.15, -0.1) is 11.3 Å². The molecule has 0 bridgehead atoms. The van der Waals surface area contributed by atoms with E-state index < -0.39 is 10.0 Å². The Kier molecular flexibility index (Phi) is 7.69. The molecule has 29 heavy (non-hydrogen) atoms. The number of carbonyl (C=O) groups excluding carboxylic acids is 1. The second-order valence-electron chi connectivity index (χ2n) is 7.07. The number of para-hydroxylation sites is 1. The largest absolute Gasteiger partial charge is 0.494 e. The van der Waals surface area contributed by atoms with Crippen molar-refractivity contribution in [2.45, 2.75) is 36.8 Å². The number of ether oxygens (including phenoxy) is 1. The van der Waals surface area contributed by atoms with Gasteiger partial charge < -0.3 is 10.1 Å². The number of aryl methyl sites for hydroxylation is 1. The van der Waals surface area contributed by atoms with Gasteiger partial charge in [0.15, 0.2) is 0 Å². The Morgan fingerprint density at radius 1 is 1.28 bits per heavy atom. The number of hydrogen-bond acceptors (Lipinski definition) is 5. The quantitative estimate of drug-likeness (QED) is 0.612. The van der Waals surface area contributed by atoms with E-state index in [0.717, 1.165) is 30.6 Å². The fraction of sp³-hybridized carbons (Fsp3) is 0.476. The Morgan fingerprint density at radius 3 is 2.86 bits per heavy atom. The van der Waals surface area contributed by atoms with Crippen molar-refractivity contribution in [3.63, 3.8) is 0 Å². The van der Waals surface area contributed by atoms with Gasteiger partial charge in [0, 0.05) is 19.6 Å². The lowest BCUT2D eigenvalue weighted by atomic mass is 9.99. The van der Waals surface area contributed by atoms with Gasteiger partial charge in [-0.3, -0.25) is 4.79 Å². The molecule has 0 spiro atoms. The topological polar surface area (TPSA) is 75.7 Å². The summed E-state index contributed by atoms with van der Waals surface area (Å²) in [5.74, 6) is 0.534. The van der Waals surface area contributed by atoms with Gasteiger partial charge in [-0.25, -0.2) is 8.42 Å². The lowest BCUT2D eigenvalue weighted by molar-refractivity contribution is -0.126. The van der Waals surface area contributed by atoms with Crippen molar-refractivity contribution in [1.29, 1.82) is 0 Å². The summed E-state index contributed by atoms with van der Waals surface area (Å²) in [4.78, 5) is 12.6. The molecule has 3 rings (SSSR count). The number of piperidine rings is 1. The Bertz CT molecular complexity index is 897. The highest BCUT2D eigenvalue weighted by atomic mass is 32.2. The molecule has 1 N–H and O–H groups in total. The van der Waals surface area contributed by atoms with Crippen LogP contribution < -0.4 is 10.1 Å². The average Bonchev–Trinajstić information content (AvgIpc) is 3.28. The first kappa shape index (κ1) is 21.8. The zero-order valence-corrected chi connectivity index (χ0v) is 18.3. The monoisotopic (exact) mass is 436 g/mol. The Labute approximate surface area is 176 Å². The number of carbonyl (C=O) groups is 1. The van der Waals surface area contributed by atoms with E-state index in [1.54, 1.807) is 17.5 Å². The molecular formula is C21H28N2O4S2. The van der Waals surface area contributed by atoms with Crippen molar-refractivity contribution in [3.05, 3.63) is 47.3 Å². The predicted octanol–water partition coefficient (Wildman–Crippen LogP) is 3.30.